The van der Waals surface area contributed by atoms with Crippen LogP contribution >= 0.6 is 23.2 Å². The topological polar surface area (TPSA) is 93.0 Å². The second kappa shape index (κ2) is 8.64. The number of rotatable bonds is 8. The predicted molar refractivity (Wildman–Crippen MR) is 99.9 cm³/mol. The van der Waals surface area contributed by atoms with Crippen LogP contribution in [0.3, 0.4) is 0 Å². The van der Waals surface area contributed by atoms with Crippen molar-refractivity contribution in [2.45, 2.75) is 19.3 Å². The third kappa shape index (κ3) is 4.42. The van der Waals surface area contributed by atoms with Crippen LogP contribution < -0.4 is 5.56 Å². The van der Waals surface area contributed by atoms with Gasteiger partial charge in [-0.3, -0.25) is 9.48 Å². The number of benzene rings is 1. The van der Waals surface area contributed by atoms with Crippen LogP contribution in [0.25, 0.3) is 11.0 Å². The molecule has 0 fully saturated rings. The Morgan fingerprint density at radius 2 is 2.15 bits per heavy atom. The van der Waals surface area contributed by atoms with E-state index in [4.69, 9.17) is 35.8 Å². The van der Waals surface area contributed by atoms with Crippen LogP contribution in [0.1, 0.15) is 14.1 Å². The number of aromatic amines is 1. The van der Waals surface area contributed by atoms with E-state index in [0.717, 1.165) is 0 Å². The first-order valence-electron chi connectivity index (χ1n) is 8.90. The highest BCUT2D eigenvalue weighted by Crippen LogP contribution is 2.23. The number of aliphatic hydroxyl groups excluding tert-OH is 1. The predicted octanol–water partition coefficient (Wildman–Crippen LogP) is 2.22. The number of fused-ring (bicyclic) bond motifs is 1. The smallest absolute Gasteiger partial charge is 0.277 e. The Labute approximate surface area is 162 Å². The zero-order valence-electron chi connectivity index (χ0n) is 15.7. The number of H-pyrrole nitrogens is 1. The van der Waals surface area contributed by atoms with E-state index >= 15 is 0 Å². The van der Waals surface area contributed by atoms with Crippen LogP contribution in [-0.4, -0.2) is 44.7 Å². The third-order valence-electron chi connectivity index (χ3n) is 3.61. The SMILES string of the molecule is [2H]C([2H])(Cc1nc2cnn(CCOCCO)c2c(=O)[nH]1)c1ccc(Cl)c(Cl)c1. The largest absolute Gasteiger partial charge is 0.394 e. The maximum Gasteiger partial charge on any atom is 0.277 e. The lowest BCUT2D eigenvalue weighted by Gasteiger charge is -2.05. The fraction of sp³-hybridized carbons (Fsp3) is 0.353. The summed E-state index contributed by atoms with van der Waals surface area (Å²) < 4.78 is 23.3. The number of ether oxygens (including phenoxy) is 1. The Morgan fingerprint density at radius 3 is 2.92 bits per heavy atom. The van der Waals surface area contributed by atoms with Crippen molar-refractivity contribution in [3.05, 3.63) is 56.2 Å². The molecule has 1 aromatic carbocycles. The molecule has 2 aromatic heterocycles. The molecule has 138 valence electrons. The Kier molecular flexibility index (Phi) is 5.40. The lowest BCUT2D eigenvalue weighted by molar-refractivity contribution is 0.0859. The molecule has 0 atom stereocenters. The number of hydrogen-bond donors (Lipinski definition) is 2. The minimum atomic E-state index is -1.81. The summed E-state index contributed by atoms with van der Waals surface area (Å²) in [4.78, 5) is 19.4. The molecule has 0 aliphatic rings. The molecule has 0 amide bonds. The molecule has 2 heterocycles. The van der Waals surface area contributed by atoms with Gasteiger partial charge in [0, 0.05) is 9.16 Å². The first-order valence-corrected chi connectivity index (χ1v) is 8.66. The second-order valence-corrected chi connectivity index (χ2v) is 6.25. The number of aryl methyl sites for hydroxylation is 2. The van der Waals surface area contributed by atoms with Gasteiger partial charge >= 0.3 is 0 Å². The van der Waals surface area contributed by atoms with Crippen LogP contribution in [0.15, 0.2) is 29.2 Å². The molecule has 7 nitrogen and oxygen atoms in total. The molecule has 0 aliphatic carbocycles. The summed E-state index contributed by atoms with van der Waals surface area (Å²) in [5.74, 6) is 0.199. The number of nitrogens with zero attached hydrogens (tertiary/aromatic N) is 3. The van der Waals surface area contributed by atoms with E-state index in [1.807, 2.05) is 0 Å². The Morgan fingerprint density at radius 1 is 1.31 bits per heavy atom. The molecule has 0 saturated heterocycles. The molecule has 0 spiro atoms. The van der Waals surface area contributed by atoms with E-state index in [-0.39, 0.29) is 36.0 Å². The molecule has 9 heteroatoms. The fourth-order valence-electron chi connectivity index (χ4n) is 2.42. The number of aromatic nitrogens is 4. The summed E-state index contributed by atoms with van der Waals surface area (Å²) in [5.41, 5.74) is 0.572. The van der Waals surface area contributed by atoms with E-state index in [0.29, 0.717) is 29.3 Å². The van der Waals surface area contributed by atoms with Crippen LogP contribution in [0, 0.1) is 0 Å². The van der Waals surface area contributed by atoms with Gasteiger partial charge in [-0.1, -0.05) is 29.3 Å². The van der Waals surface area contributed by atoms with Gasteiger partial charge in [0.15, 0.2) is 5.52 Å². The first kappa shape index (κ1) is 16.3. The molecular weight excluding hydrogens is 379 g/mol. The van der Waals surface area contributed by atoms with E-state index in [9.17, 15) is 4.79 Å². The van der Waals surface area contributed by atoms with Gasteiger partial charge in [0.05, 0.1) is 42.6 Å². The number of nitrogens with one attached hydrogen (secondary N) is 1. The van der Waals surface area contributed by atoms with Gasteiger partial charge in [-0.15, -0.1) is 0 Å². The molecule has 0 bridgehead atoms. The van der Waals surface area contributed by atoms with Gasteiger partial charge in [0.25, 0.3) is 5.56 Å². The standard InChI is InChI=1S/C17H18Cl2N4O3/c18-12-3-1-11(9-13(12)19)2-4-15-21-14-10-20-23(5-7-26-8-6-24)16(14)17(25)22-15/h1,3,9-10,24H,2,4-8H2,(H,21,22,25)/i2D2. The third-order valence-corrected chi connectivity index (χ3v) is 4.35. The molecule has 3 aromatic rings. The summed E-state index contributed by atoms with van der Waals surface area (Å²) in [7, 11) is 0. The monoisotopic (exact) mass is 398 g/mol. The molecular formula is C17H18Cl2N4O3. The van der Waals surface area contributed by atoms with E-state index in [1.54, 1.807) is 6.07 Å². The molecule has 2 N–H and O–H groups in total. The van der Waals surface area contributed by atoms with Gasteiger partial charge in [0.2, 0.25) is 0 Å². The number of aliphatic hydroxyl groups is 1. The summed E-state index contributed by atoms with van der Waals surface area (Å²) >= 11 is 11.9. The van der Waals surface area contributed by atoms with E-state index in [2.05, 4.69) is 15.1 Å². The van der Waals surface area contributed by atoms with Gasteiger partial charge in [-0.25, -0.2) is 4.98 Å². The summed E-state index contributed by atoms with van der Waals surface area (Å²) in [6.07, 6.45) is -0.512. The lowest BCUT2D eigenvalue weighted by atomic mass is 10.1. The van der Waals surface area contributed by atoms with Gasteiger partial charge < -0.3 is 14.8 Å². The van der Waals surface area contributed by atoms with Crippen molar-refractivity contribution in [2.75, 3.05) is 19.8 Å². The Balaban J connectivity index is 1.84. The maximum absolute atomic E-state index is 12.5. The molecule has 3 rings (SSSR count). The molecule has 26 heavy (non-hydrogen) atoms. The number of hydrogen-bond acceptors (Lipinski definition) is 5. The van der Waals surface area contributed by atoms with Crippen LogP contribution in [0.4, 0.5) is 0 Å². The highest BCUT2D eigenvalue weighted by molar-refractivity contribution is 6.42. The maximum atomic E-state index is 12.5. The quantitative estimate of drug-likeness (QED) is 0.567. The highest BCUT2D eigenvalue weighted by Gasteiger charge is 2.11. The molecule has 0 unspecified atom stereocenters. The second-order valence-electron chi connectivity index (χ2n) is 5.43. The highest BCUT2D eigenvalue weighted by atomic mass is 35.5. The summed E-state index contributed by atoms with van der Waals surface area (Å²) in [6, 6.07) is 4.54. The van der Waals surface area contributed by atoms with Gasteiger partial charge in [0.1, 0.15) is 11.3 Å². The van der Waals surface area contributed by atoms with Crippen molar-refractivity contribution in [1.82, 2.24) is 19.7 Å². The summed E-state index contributed by atoms with van der Waals surface area (Å²) in [5, 5.41) is 13.4. The van der Waals surface area contributed by atoms with Crippen molar-refractivity contribution in [3.8, 4) is 0 Å². The molecule has 0 saturated carbocycles. The zero-order chi connectivity index (χ0) is 20.3. The minimum Gasteiger partial charge on any atom is -0.394 e. The summed E-state index contributed by atoms with van der Waals surface area (Å²) in [6.45, 7) is 0.754. The average molecular weight is 399 g/mol. The van der Waals surface area contributed by atoms with Crippen LogP contribution in [0.2, 0.25) is 10.0 Å². The Bertz CT molecular complexity index is 1040. The van der Waals surface area contributed by atoms with E-state index < -0.39 is 11.9 Å². The van der Waals surface area contributed by atoms with Crippen molar-refractivity contribution in [1.29, 1.82) is 0 Å². The minimum absolute atomic E-state index is 0.0772. The molecule has 0 aliphatic heterocycles. The zero-order valence-corrected chi connectivity index (χ0v) is 15.2. The van der Waals surface area contributed by atoms with Crippen LogP contribution in [0.5, 0.6) is 0 Å². The van der Waals surface area contributed by atoms with Crippen molar-refractivity contribution in [3.63, 3.8) is 0 Å². The fourth-order valence-corrected chi connectivity index (χ4v) is 2.72. The Hall–Kier alpha value is -1.93. The average Bonchev–Trinajstić information content (AvgIpc) is 3.04. The normalized spacial score (nSPS) is 13.0. The van der Waals surface area contributed by atoms with Crippen molar-refractivity contribution < 1.29 is 12.6 Å². The molecule has 0 radical (unpaired) electrons. The van der Waals surface area contributed by atoms with Crippen molar-refractivity contribution in [2.24, 2.45) is 0 Å². The van der Waals surface area contributed by atoms with Gasteiger partial charge in [-0.2, -0.15) is 5.10 Å². The van der Waals surface area contributed by atoms with Crippen LogP contribution in [-0.2, 0) is 24.1 Å². The first-order chi connectivity index (χ1) is 13.3. The number of halogens is 2. The van der Waals surface area contributed by atoms with Gasteiger partial charge in [-0.05, 0) is 24.1 Å². The van der Waals surface area contributed by atoms with E-state index in [1.165, 1.54) is 23.0 Å². The van der Waals surface area contributed by atoms with Crippen molar-refractivity contribution >= 4 is 34.2 Å². The lowest BCUT2D eigenvalue weighted by Crippen LogP contribution is -2.17.